The van der Waals surface area contributed by atoms with Gasteiger partial charge in [-0.3, -0.25) is 19.1 Å². The van der Waals surface area contributed by atoms with Gasteiger partial charge in [0.1, 0.15) is 23.1 Å². The Morgan fingerprint density at radius 3 is 1.10 bits per heavy atom. The molecule has 4 heterocycles. The Labute approximate surface area is 816 Å². The maximum Gasteiger partial charge on any atom is 0.148 e. The molecule has 0 amide bonds. The molecule has 10 heteroatoms. The molecule has 0 saturated heterocycles. The number of fused-ring (bicyclic) bond motifs is 2. The number of aromatic nitrogens is 6. The van der Waals surface area contributed by atoms with Gasteiger partial charge in [-0.1, -0.05) is 324 Å². The maximum atomic E-state index is 11.8. The molecule has 18 aromatic rings. The van der Waals surface area contributed by atoms with Crippen molar-refractivity contribution in [2.45, 2.75) is 166 Å². The third-order valence-electron chi connectivity index (χ3n) is 24.8. The minimum Gasteiger partial charge on any atom is -0.507 e. The van der Waals surface area contributed by atoms with Crippen LogP contribution in [0.1, 0.15) is 199 Å². The zero-order chi connectivity index (χ0) is 98.3. The molecule has 0 radical (unpaired) electrons. The second kappa shape index (κ2) is 38.8. The molecule has 0 fully saturated rings. The molecule has 0 saturated carbocycles. The quantitative estimate of drug-likeness (QED) is 0.0782. The van der Waals surface area contributed by atoms with Gasteiger partial charge in [0, 0.05) is 78.2 Å². The maximum absolute atomic E-state index is 11.8. The molecule has 0 aliphatic carbocycles. The standard InChI is InChI=1S/C63H54N3O.C58H60N3O.2Pt/c1-39(2)50-32-51(40(3)4)34-53(33-50)48-25-26-59(42(6)31-48)66-60-20-14-19-56(61(60)65-63(66)57-30-41(5)29-43(7)62(57)67)54-35-52(45-17-12-9-13-18-45)36-55(37-54)58-38-49(27-28-64-58)47-23-21-46(22-24-47)44-15-10-8-11-16-44;1-34(2)40-16-18-41(19-17-40)43-22-23-59-52(33-43)48-30-47(31-49(32-48)58(10,11)12)50-14-13-15-54-55(50)60-57(51-25-37(7)24-39(9)56(51)62)61(54)53-21-20-42(26-38(53)8)46-28-44(35(3)4)27-45(29-46)36(5)6;;/h8-36,38-40,67H,1-7H3;13-29,31-36,62H,1-12H3;;/q2*-1;;/i6D3,39D;8D3,34D,35D;;. The summed E-state index contributed by atoms with van der Waals surface area (Å²) in [5.41, 5.74) is 31.3. The SMILES string of the molecule is [2H]C([2H])([2H])c1cc(-c2cc(C(C)C)cc(C([2H])(C)C)c2)ccc1-n1c(-c2cc(C)cc(C)c2O)nc2c(-c3[c-]c(-c4cc(-c5ccc(-c6ccccc6)cc5)ccn4)cc(-c4ccccc4)c3)cccc21.[2H]C([2H])([2H])c1cc(-c2cc(C(C)C)cc(C([2H])(C)C)c2)ccc1-n1c(-c2cc(C)cc(C)c2O)nc2c(-c3[c-]c(-c4cc(-c5ccc(C([2H])(C)C)cc5)ccn4)cc(C(C)(C)C)c3)cccc21.[Pt].[Pt]. The average molecular weight is 2080 g/mol. The van der Waals surface area contributed by atoms with Crippen molar-refractivity contribution >= 4 is 22.1 Å². The number of phenolic OH excluding ortho intramolecular Hbond substituents is 2. The van der Waals surface area contributed by atoms with E-state index in [1.165, 1.54) is 0 Å². The third kappa shape index (κ3) is 19.4. The summed E-state index contributed by atoms with van der Waals surface area (Å²) in [6, 6.07) is 104. The summed E-state index contributed by atoms with van der Waals surface area (Å²) >= 11 is 0. The molecule has 0 bridgehead atoms. The van der Waals surface area contributed by atoms with Crippen LogP contribution < -0.4 is 0 Å². The van der Waals surface area contributed by atoms with E-state index in [1.54, 1.807) is 12.1 Å². The average Bonchev–Trinajstić information content (AvgIpc) is 1.56. The zero-order valence-corrected chi connectivity index (χ0v) is 81.8. The molecular formula is C121H114N6O2Pt2-2. The van der Waals surface area contributed by atoms with Crippen LogP contribution in [0.25, 0.3) is 168 Å². The number of hydrogen-bond acceptors (Lipinski definition) is 6. The van der Waals surface area contributed by atoms with Gasteiger partial charge in [0.15, 0.2) is 0 Å². The second-order valence-electron chi connectivity index (χ2n) is 36.7. The molecule has 0 spiro atoms. The fourth-order valence-electron chi connectivity index (χ4n) is 17.4. The number of nitrogens with zero attached hydrogens (tertiary/aromatic N) is 6. The zero-order valence-electron chi connectivity index (χ0n) is 86.2. The van der Waals surface area contributed by atoms with E-state index in [4.69, 9.17) is 32.3 Å². The van der Waals surface area contributed by atoms with E-state index in [2.05, 4.69) is 182 Å². The van der Waals surface area contributed by atoms with E-state index in [0.29, 0.717) is 67.3 Å². The Balaban J connectivity index is 0.000000209. The predicted octanol–water partition coefficient (Wildman–Crippen LogP) is 32.6. The van der Waals surface area contributed by atoms with Crippen LogP contribution >= 0.6 is 0 Å². The Bertz CT molecular complexity index is 7710. The molecule has 0 aliphatic rings. The van der Waals surface area contributed by atoms with Crippen molar-refractivity contribution in [2.75, 3.05) is 0 Å². The van der Waals surface area contributed by atoms with Crippen LogP contribution in [-0.2, 0) is 47.5 Å². The van der Waals surface area contributed by atoms with Crippen LogP contribution in [0, 0.1) is 53.5 Å². The van der Waals surface area contributed by atoms with E-state index in [1.807, 2.05) is 248 Å². The first kappa shape index (κ1) is 81.5. The number of para-hydroxylation sites is 2. The first-order chi connectivity index (χ1) is 65.3. The molecule has 4 aromatic heterocycles. The van der Waals surface area contributed by atoms with Gasteiger partial charge >= 0.3 is 0 Å². The van der Waals surface area contributed by atoms with Crippen LogP contribution in [0.5, 0.6) is 11.5 Å². The van der Waals surface area contributed by atoms with Crippen LogP contribution in [0.3, 0.4) is 0 Å². The fraction of sp³-hybridized carbons (Fsp3) is 0.207. The van der Waals surface area contributed by atoms with E-state index in [9.17, 15) is 10.2 Å². The number of imidazole rings is 2. The van der Waals surface area contributed by atoms with Gasteiger partial charge < -0.3 is 10.2 Å². The minimum absolute atomic E-state index is 0. The van der Waals surface area contributed by atoms with Crippen LogP contribution in [0.2, 0.25) is 0 Å². The molecule has 2 N–H and O–H groups in total. The van der Waals surface area contributed by atoms with Gasteiger partial charge in [-0.2, -0.15) is 0 Å². The Morgan fingerprint density at radius 2 is 0.679 bits per heavy atom. The van der Waals surface area contributed by atoms with Gasteiger partial charge in [-0.05, 0) is 259 Å². The Hall–Kier alpha value is -12.7. The monoisotopic (exact) mass is 2080 g/mol. The van der Waals surface area contributed by atoms with Crippen LogP contribution in [0.4, 0.5) is 0 Å². The molecule has 131 heavy (non-hydrogen) atoms. The smallest absolute Gasteiger partial charge is 0.148 e. The number of phenols is 2. The third-order valence-corrected chi connectivity index (χ3v) is 24.8. The topological polar surface area (TPSA) is 102 Å². The van der Waals surface area contributed by atoms with Crippen molar-refractivity contribution in [3.8, 4) is 157 Å². The summed E-state index contributed by atoms with van der Waals surface area (Å²) in [5, 5.41) is 23.6. The van der Waals surface area contributed by atoms with Crippen LogP contribution in [0.15, 0.2) is 304 Å². The summed E-state index contributed by atoms with van der Waals surface area (Å²) in [6.45, 7) is 28.8. The molecule has 0 unspecified atom stereocenters. The van der Waals surface area contributed by atoms with E-state index >= 15 is 0 Å². The van der Waals surface area contributed by atoms with E-state index in [-0.39, 0.29) is 82.0 Å². The van der Waals surface area contributed by atoms with Crippen molar-refractivity contribution in [3.05, 3.63) is 382 Å². The van der Waals surface area contributed by atoms with Gasteiger partial charge in [0.05, 0.1) is 44.6 Å². The fourth-order valence-corrected chi connectivity index (χ4v) is 17.4. The first-order valence-corrected chi connectivity index (χ1v) is 44.4. The molecule has 0 atom stereocenters. The number of aryl methyl sites for hydroxylation is 6. The number of aromatic hydroxyl groups is 2. The predicted molar refractivity (Wildman–Crippen MR) is 542 cm³/mol. The van der Waals surface area contributed by atoms with Gasteiger partial charge in [0.25, 0.3) is 0 Å². The molecule has 14 aromatic carbocycles. The van der Waals surface area contributed by atoms with E-state index in [0.717, 1.165) is 156 Å². The molecule has 0 aliphatic heterocycles. The van der Waals surface area contributed by atoms with Crippen LogP contribution in [-0.4, -0.2) is 39.3 Å². The summed E-state index contributed by atoms with van der Waals surface area (Å²) < 4.78 is 84.1. The number of hydrogen-bond donors (Lipinski definition) is 2. The van der Waals surface area contributed by atoms with Crippen molar-refractivity contribution in [1.29, 1.82) is 0 Å². The summed E-state index contributed by atoms with van der Waals surface area (Å²) in [6.07, 6.45) is 3.66. The molecular weight excluding hydrogens is 1960 g/mol. The summed E-state index contributed by atoms with van der Waals surface area (Å²) in [5.74, 6) is -1.08. The van der Waals surface area contributed by atoms with Crippen molar-refractivity contribution < 1.29 is 64.7 Å². The second-order valence-corrected chi connectivity index (χ2v) is 36.7. The Morgan fingerprint density at radius 1 is 0.321 bits per heavy atom. The number of pyridine rings is 2. The number of benzene rings is 14. The minimum atomic E-state index is -2.55. The molecule has 662 valence electrons. The van der Waals surface area contributed by atoms with Crippen molar-refractivity contribution in [3.63, 3.8) is 0 Å². The summed E-state index contributed by atoms with van der Waals surface area (Å²) in [7, 11) is 0. The Kier molecular flexibility index (Phi) is 24.1. The normalized spacial score (nSPS) is 13.0. The summed E-state index contributed by atoms with van der Waals surface area (Å²) in [4.78, 5) is 20.5. The number of rotatable bonds is 19. The van der Waals surface area contributed by atoms with Gasteiger partial charge in [-0.25, -0.2) is 9.97 Å². The molecule has 8 nitrogen and oxygen atoms in total. The van der Waals surface area contributed by atoms with Gasteiger partial charge in [0.2, 0.25) is 0 Å². The van der Waals surface area contributed by atoms with Crippen molar-refractivity contribution in [2.24, 2.45) is 0 Å². The van der Waals surface area contributed by atoms with Gasteiger partial charge in [-0.15, -0.1) is 53.1 Å². The largest absolute Gasteiger partial charge is 0.507 e. The van der Waals surface area contributed by atoms with Crippen molar-refractivity contribution in [1.82, 2.24) is 29.1 Å². The van der Waals surface area contributed by atoms with E-state index < -0.39 is 31.4 Å². The molecule has 18 rings (SSSR count). The first-order valence-electron chi connectivity index (χ1n) is 48.9.